The smallest absolute Gasteiger partial charge is 0.227 e. The zero-order chi connectivity index (χ0) is 21.9. The summed E-state index contributed by atoms with van der Waals surface area (Å²) in [4.78, 5) is 38.3. The summed E-state index contributed by atoms with van der Waals surface area (Å²) in [6.07, 6.45) is 6.46. The van der Waals surface area contributed by atoms with Crippen molar-refractivity contribution < 1.29 is 14.3 Å². The molecule has 0 bridgehead atoms. The maximum Gasteiger partial charge on any atom is 0.227 e. The lowest BCUT2D eigenvalue weighted by atomic mass is 9.83. The van der Waals surface area contributed by atoms with Crippen LogP contribution in [0.2, 0.25) is 0 Å². The Hall–Kier alpha value is -2.67. The van der Waals surface area contributed by atoms with Crippen molar-refractivity contribution >= 4 is 11.8 Å². The van der Waals surface area contributed by atoms with Gasteiger partial charge in [-0.1, -0.05) is 30.3 Å². The molecule has 2 fully saturated rings. The number of likely N-dealkylation sites (tertiary alicyclic amines) is 1. The molecule has 1 unspecified atom stereocenters. The fourth-order valence-corrected chi connectivity index (χ4v) is 5.57. The van der Waals surface area contributed by atoms with E-state index in [1.165, 1.54) is 0 Å². The highest BCUT2D eigenvalue weighted by molar-refractivity contribution is 5.80. The van der Waals surface area contributed by atoms with Crippen LogP contribution in [0.25, 0.3) is 0 Å². The summed E-state index contributed by atoms with van der Waals surface area (Å²) in [5, 5.41) is 0. The number of carbonyl (C=O) groups is 2. The number of rotatable bonds is 4. The van der Waals surface area contributed by atoms with Crippen molar-refractivity contribution in [2.45, 2.75) is 44.6 Å². The van der Waals surface area contributed by atoms with Gasteiger partial charge in [0, 0.05) is 50.9 Å². The molecule has 5 rings (SSSR count). The molecule has 1 aromatic carbocycles. The van der Waals surface area contributed by atoms with Gasteiger partial charge in [-0.3, -0.25) is 9.59 Å². The normalized spacial score (nSPS) is 22.6. The van der Waals surface area contributed by atoms with Crippen molar-refractivity contribution in [2.24, 2.45) is 11.8 Å². The highest BCUT2D eigenvalue weighted by Crippen LogP contribution is 2.39. The van der Waals surface area contributed by atoms with E-state index in [0.29, 0.717) is 32.1 Å². The number of hydrogen-bond donors (Lipinski definition) is 1. The van der Waals surface area contributed by atoms with Crippen LogP contribution in [0.3, 0.4) is 0 Å². The Kier molecular flexibility index (Phi) is 6.26. The van der Waals surface area contributed by atoms with Gasteiger partial charge in [0.25, 0.3) is 0 Å². The average Bonchev–Trinajstić information content (AvgIpc) is 3.33. The number of nitrogens with one attached hydrogen (secondary N) is 1. The molecule has 3 aliphatic rings. The van der Waals surface area contributed by atoms with Gasteiger partial charge >= 0.3 is 0 Å². The number of imidazole rings is 1. The summed E-state index contributed by atoms with van der Waals surface area (Å²) in [5.74, 6) is 0.871. The monoisotopic (exact) mass is 436 g/mol. The van der Waals surface area contributed by atoms with Gasteiger partial charge in [0.05, 0.1) is 24.5 Å². The van der Waals surface area contributed by atoms with Crippen LogP contribution in [0.5, 0.6) is 0 Å². The van der Waals surface area contributed by atoms with Crippen LogP contribution in [0.15, 0.2) is 36.7 Å². The molecule has 1 N–H and O–H groups in total. The predicted molar refractivity (Wildman–Crippen MR) is 120 cm³/mol. The van der Waals surface area contributed by atoms with Gasteiger partial charge in [-0.05, 0) is 37.2 Å². The summed E-state index contributed by atoms with van der Waals surface area (Å²) >= 11 is 0. The van der Waals surface area contributed by atoms with Gasteiger partial charge in [-0.15, -0.1) is 0 Å². The second-order valence-corrected chi connectivity index (χ2v) is 9.26. The largest absolute Gasteiger partial charge is 0.381 e. The lowest BCUT2D eigenvalue weighted by Gasteiger charge is -2.43. The Balaban J connectivity index is 1.29. The Morgan fingerprint density at radius 1 is 1.03 bits per heavy atom. The Morgan fingerprint density at radius 2 is 1.78 bits per heavy atom. The van der Waals surface area contributed by atoms with Crippen LogP contribution in [-0.2, 0) is 27.2 Å². The number of amides is 2. The molecular formula is C25H32N4O3. The molecule has 1 atom stereocenters. The Morgan fingerprint density at radius 3 is 2.53 bits per heavy atom. The summed E-state index contributed by atoms with van der Waals surface area (Å²) < 4.78 is 5.42. The first-order valence-electron chi connectivity index (χ1n) is 11.9. The molecule has 7 nitrogen and oxygen atoms in total. The van der Waals surface area contributed by atoms with E-state index in [9.17, 15) is 9.59 Å². The topological polar surface area (TPSA) is 78.5 Å². The van der Waals surface area contributed by atoms with E-state index in [-0.39, 0.29) is 23.8 Å². The number of aromatic nitrogens is 2. The van der Waals surface area contributed by atoms with E-state index in [2.05, 4.69) is 14.9 Å². The third-order valence-electron chi connectivity index (χ3n) is 7.36. The minimum absolute atomic E-state index is 0.0125. The highest BCUT2D eigenvalue weighted by Gasteiger charge is 2.40. The molecule has 32 heavy (non-hydrogen) atoms. The van der Waals surface area contributed by atoms with Gasteiger partial charge in [0.1, 0.15) is 0 Å². The maximum atomic E-state index is 13.3. The van der Waals surface area contributed by atoms with Crippen LogP contribution < -0.4 is 0 Å². The lowest BCUT2D eigenvalue weighted by molar-refractivity contribution is -0.142. The van der Waals surface area contributed by atoms with Crippen molar-refractivity contribution in [2.75, 3.05) is 32.8 Å². The number of nitrogens with zero attached hydrogens (tertiary/aromatic N) is 3. The molecule has 0 saturated carbocycles. The van der Waals surface area contributed by atoms with E-state index >= 15 is 0 Å². The molecule has 2 aromatic rings. The number of hydrogen-bond acceptors (Lipinski definition) is 4. The third-order valence-corrected chi connectivity index (χ3v) is 7.36. The number of benzene rings is 1. The van der Waals surface area contributed by atoms with Crippen LogP contribution >= 0.6 is 0 Å². The number of aromatic amines is 1. The number of carbonyl (C=O) groups excluding carboxylic acids is 2. The zero-order valence-electron chi connectivity index (χ0n) is 18.5. The SMILES string of the molecule is O=C(C1CCOCC1)N1CCC(C2c3nc[nH]c3CCN2C(=O)Cc2ccccc2)CC1. The third kappa shape index (κ3) is 4.31. The molecule has 4 heterocycles. The molecule has 2 amide bonds. The van der Waals surface area contributed by atoms with Crippen molar-refractivity contribution in [3.05, 3.63) is 53.6 Å². The molecule has 170 valence electrons. The van der Waals surface area contributed by atoms with Crippen molar-refractivity contribution in [3.8, 4) is 0 Å². The predicted octanol–water partition coefficient (Wildman–Crippen LogP) is 2.74. The second kappa shape index (κ2) is 9.45. The molecule has 0 aliphatic carbocycles. The Bertz CT molecular complexity index is 930. The first kappa shape index (κ1) is 21.2. The zero-order valence-corrected chi connectivity index (χ0v) is 18.5. The number of ether oxygens (including phenoxy) is 1. The molecule has 0 radical (unpaired) electrons. The number of piperidine rings is 1. The minimum atomic E-state index is -0.0125. The maximum absolute atomic E-state index is 13.3. The molecule has 3 aliphatic heterocycles. The summed E-state index contributed by atoms with van der Waals surface area (Å²) in [6.45, 7) is 3.62. The standard InChI is InChI=1S/C25H32N4O3/c30-22(16-18-4-2-1-3-5-18)29-13-8-21-23(27-17-26-21)24(29)19-6-11-28(12-7-19)25(31)20-9-14-32-15-10-20/h1-5,17,19-20,24H,6-16H2,(H,26,27). The van der Waals surface area contributed by atoms with Gasteiger partial charge in [-0.2, -0.15) is 0 Å². The molecule has 2 saturated heterocycles. The van der Waals surface area contributed by atoms with Gasteiger partial charge in [0.2, 0.25) is 11.8 Å². The summed E-state index contributed by atoms with van der Waals surface area (Å²) in [6, 6.07) is 9.94. The minimum Gasteiger partial charge on any atom is -0.381 e. The van der Waals surface area contributed by atoms with E-state index in [0.717, 1.165) is 62.1 Å². The highest BCUT2D eigenvalue weighted by atomic mass is 16.5. The second-order valence-electron chi connectivity index (χ2n) is 9.26. The number of H-pyrrole nitrogens is 1. The van der Waals surface area contributed by atoms with Crippen molar-refractivity contribution in [3.63, 3.8) is 0 Å². The Labute approximate surface area is 189 Å². The van der Waals surface area contributed by atoms with E-state index in [1.807, 2.05) is 35.2 Å². The molecule has 7 heteroatoms. The molecule has 0 spiro atoms. The first-order chi connectivity index (χ1) is 15.7. The first-order valence-corrected chi connectivity index (χ1v) is 11.9. The van der Waals surface area contributed by atoms with Gasteiger partial charge in [-0.25, -0.2) is 4.98 Å². The van der Waals surface area contributed by atoms with Gasteiger partial charge < -0.3 is 19.5 Å². The fourth-order valence-electron chi connectivity index (χ4n) is 5.57. The molecule has 1 aromatic heterocycles. The van der Waals surface area contributed by atoms with E-state index in [4.69, 9.17) is 4.74 Å². The van der Waals surface area contributed by atoms with Crippen LogP contribution in [0.4, 0.5) is 0 Å². The lowest BCUT2D eigenvalue weighted by Crippen LogP contribution is -2.48. The van der Waals surface area contributed by atoms with E-state index < -0.39 is 0 Å². The quantitative estimate of drug-likeness (QED) is 0.799. The summed E-state index contributed by atoms with van der Waals surface area (Å²) in [7, 11) is 0. The van der Waals surface area contributed by atoms with E-state index in [1.54, 1.807) is 6.33 Å². The molecular weight excluding hydrogens is 404 g/mol. The van der Waals surface area contributed by atoms with Crippen molar-refractivity contribution in [1.29, 1.82) is 0 Å². The average molecular weight is 437 g/mol. The van der Waals surface area contributed by atoms with Crippen molar-refractivity contribution in [1.82, 2.24) is 19.8 Å². The number of fused-ring (bicyclic) bond motifs is 1. The summed E-state index contributed by atoms with van der Waals surface area (Å²) in [5.41, 5.74) is 3.22. The van der Waals surface area contributed by atoms with Gasteiger partial charge in [0.15, 0.2) is 0 Å². The van der Waals surface area contributed by atoms with Crippen LogP contribution in [0, 0.1) is 11.8 Å². The fraction of sp³-hybridized carbons (Fsp3) is 0.560. The van der Waals surface area contributed by atoms with Crippen LogP contribution in [-0.4, -0.2) is 64.4 Å². The van der Waals surface area contributed by atoms with Crippen LogP contribution in [0.1, 0.15) is 48.7 Å².